The first-order valence-electron chi connectivity index (χ1n) is 12.6. The monoisotopic (exact) mass is 527 g/mol. The fourth-order valence-electron chi connectivity index (χ4n) is 4.93. The lowest BCUT2D eigenvalue weighted by Gasteiger charge is -2.37. The molecule has 9 heteroatoms. The van der Waals surface area contributed by atoms with E-state index in [4.69, 9.17) is 9.47 Å². The summed E-state index contributed by atoms with van der Waals surface area (Å²) in [5.41, 5.74) is 0.836. The van der Waals surface area contributed by atoms with E-state index in [-0.39, 0.29) is 18.3 Å². The second kappa shape index (κ2) is 11.3. The van der Waals surface area contributed by atoms with Crippen molar-refractivity contribution in [1.29, 1.82) is 0 Å². The first-order valence-corrected chi connectivity index (χ1v) is 12.6. The lowest BCUT2D eigenvalue weighted by molar-refractivity contribution is -0.114. The Labute approximate surface area is 225 Å². The zero-order valence-corrected chi connectivity index (χ0v) is 21.3. The Morgan fingerprint density at radius 2 is 1.41 bits per heavy atom. The number of anilines is 1. The van der Waals surface area contributed by atoms with Crippen LogP contribution in [0, 0.1) is 0 Å². The first-order chi connectivity index (χ1) is 18.9. The summed E-state index contributed by atoms with van der Waals surface area (Å²) < 4.78 is 13.8. The van der Waals surface area contributed by atoms with Gasteiger partial charge in [-0.3, -0.25) is 9.36 Å². The van der Waals surface area contributed by atoms with Gasteiger partial charge in [-0.05, 0) is 22.8 Å². The number of ether oxygens (including phenoxy) is 2. The van der Waals surface area contributed by atoms with Crippen molar-refractivity contribution in [3.63, 3.8) is 0 Å². The number of carbonyl (C=O) groups is 1. The van der Waals surface area contributed by atoms with Gasteiger partial charge in [0.05, 0.1) is 6.61 Å². The van der Waals surface area contributed by atoms with Crippen LogP contribution >= 0.6 is 0 Å². The van der Waals surface area contributed by atoms with E-state index >= 15 is 0 Å². The highest BCUT2D eigenvalue weighted by Gasteiger charge is 2.46. The van der Waals surface area contributed by atoms with Crippen LogP contribution in [0.25, 0.3) is 0 Å². The fourth-order valence-corrected chi connectivity index (χ4v) is 4.93. The van der Waals surface area contributed by atoms with Gasteiger partial charge in [-0.2, -0.15) is 4.98 Å². The highest BCUT2D eigenvalue weighted by atomic mass is 16.6. The molecule has 0 radical (unpaired) electrons. The zero-order valence-electron chi connectivity index (χ0n) is 21.3. The van der Waals surface area contributed by atoms with Crippen LogP contribution in [-0.2, 0) is 19.9 Å². The Balaban J connectivity index is 1.47. The zero-order chi connectivity index (χ0) is 27.4. The topological polar surface area (TPSA) is 123 Å². The molecule has 1 aliphatic heterocycles. The van der Waals surface area contributed by atoms with Gasteiger partial charge in [-0.1, -0.05) is 91.0 Å². The van der Waals surface area contributed by atoms with E-state index < -0.39 is 35.8 Å². The number of aliphatic hydroxyl groups excluding tert-OH is 2. The molecule has 0 unspecified atom stereocenters. The predicted molar refractivity (Wildman–Crippen MR) is 144 cm³/mol. The Bertz CT molecular complexity index is 1370. The van der Waals surface area contributed by atoms with E-state index in [1.54, 1.807) is 0 Å². The van der Waals surface area contributed by atoms with E-state index in [2.05, 4.69) is 10.3 Å². The number of rotatable bonds is 8. The lowest BCUT2D eigenvalue weighted by atomic mass is 9.80. The second-order valence-corrected chi connectivity index (χ2v) is 9.32. The number of aliphatic hydroxyl groups is 2. The minimum absolute atomic E-state index is 0.0787. The third-order valence-electron chi connectivity index (χ3n) is 6.75. The Kier molecular flexibility index (Phi) is 7.67. The molecular formula is C30H29N3O6. The van der Waals surface area contributed by atoms with Crippen LogP contribution in [0.1, 0.15) is 29.8 Å². The summed E-state index contributed by atoms with van der Waals surface area (Å²) in [6, 6.07) is 30.7. The van der Waals surface area contributed by atoms with Crippen LogP contribution in [0.4, 0.5) is 5.82 Å². The van der Waals surface area contributed by atoms with E-state index in [9.17, 15) is 19.8 Å². The number of amides is 1. The largest absolute Gasteiger partial charge is 0.387 e. The third kappa shape index (κ3) is 5.25. The van der Waals surface area contributed by atoms with Crippen LogP contribution in [0.5, 0.6) is 0 Å². The highest BCUT2D eigenvalue weighted by Crippen LogP contribution is 2.41. The minimum atomic E-state index is -1.41. The molecule has 200 valence electrons. The molecule has 0 bridgehead atoms. The summed E-state index contributed by atoms with van der Waals surface area (Å²) in [7, 11) is 0. The Morgan fingerprint density at radius 1 is 0.897 bits per heavy atom. The van der Waals surface area contributed by atoms with Crippen LogP contribution in [-0.4, -0.2) is 50.6 Å². The molecule has 9 nitrogen and oxygen atoms in total. The van der Waals surface area contributed by atoms with Gasteiger partial charge in [-0.25, -0.2) is 4.79 Å². The summed E-state index contributed by atoms with van der Waals surface area (Å²) in [6.45, 7) is 1.21. The van der Waals surface area contributed by atoms with Gasteiger partial charge in [0.2, 0.25) is 5.91 Å². The Hall–Kier alpha value is -4.15. The van der Waals surface area contributed by atoms with Gasteiger partial charge in [0, 0.05) is 13.1 Å². The number of nitrogens with zero attached hydrogens (tertiary/aromatic N) is 2. The number of benzene rings is 3. The standard InChI is InChI=1S/C30H29N3O6/c1-20(34)31-25-17-18-33(29(37)32-25)28-27(36)26(35)24(39-28)19-38-30(21-11-5-2-6-12-21,22-13-7-3-8-14-22)23-15-9-4-10-16-23/h2-18,24,26-28,35-36H,19H2,1H3,(H,31,32,34,37)/t24-,26-,27-,28-/m1/s1. The summed E-state index contributed by atoms with van der Waals surface area (Å²) in [5.74, 6) is -0.293. The maximum Gasteiger partial charge on any atom is 0.351 e. The number of nitrogens with one attached hydrogen (secondary N) is 1. The molecule has 1 aromatic heterocycles. The molecule has 39 heavy (non-hydrogen) atoms. The molecule has 0 saturated carbocycles. The van der Waals surface area contributed by atoms with Crippen molar-refractivity contribution >= 4 is 11.7 Å². The summed E-state index contributed by atoms with van der Waals surface area (Å²) in [5, 5.41) is 24.2. The van der Waals surface area contributed by atoms with Crippen molar-refractivity contribution in [3.05, 3.63) is 130 Å². The van der Waals surface area contributed by atoms with E-state index in [1.165, 1.54) is 19.2 Å². The molecule has 1 saturated heterocycles. The van der Waals surface area contributed by atoms with Crippen molar-refractivity contribution in [2.75, 3.05) is 11.9 Å². The van der Waals surface area contributed by atoms with Gasteiger partial charge in [0.1, 0.15) is 29.7 Å². The lowest BCUT2D eigenvalue weighted by Crippen LogP contribution is -2.39. The molecule has 3 aromatic carbocycles. The van der Waals surface area contributed by atoms with Crippen molar-refractivity contribution in [2.45, 2.75) is 37.1 Å². The molecular weight excluding hydrogens is 498 g/mol. The molecule has 2 heterocycles. The van der Waals surface area contributed by atoms with Gasteiger partial charge < -0.3 is 25.0 Å². The predicted octanol–water partition coefficient (Wildman–Crippen LogP) is 2.83. The molecule has 1 fully saturated rings. The van der Waals surface area contributed by atoms with Crippen LogP contribution in [0.15, 0.2) is 108 Å². The van der Waals surface area contributed by atoms with E-state index in [1.807, 2.05) is 91.0 Å². The van der Waals surface area contributed by atoms with Crippen molar-refractivity contribution in [2.24, 2.45) is 0 Å². The SMILES string of the molecule is CC(=O)Nc1ccn([C@@H]2O[C@H](COC(c3ccccc3)(c3ccccc3)c3ccccc3)[C@@H](O)[C@H]2O)c(=O)n1. The molecule has 4 atom stereocenters. The van der Waals surface area contributed by atoms with Gasteiger partial charge in [-0.15, -0.1) is 0 Å². The molecule has 1 aliphatic rings. The molecule has 5 rings (SSSR count). The van der Waals surface area contributed by atoms with Gasteiger partial charge in [0.15, 0.2) is 6.23 Å². The molecule has 0 spiro atoms. The minimum Gasteiger partial charge on any atom is -0.387 e. The van der Waals surface area contributed by atoms with E-state index in [0.29, 0.717) is 0 Å². The number of hydrogen-bond donors (Lipinski definition) is 3. The van der Waals surface area contributed by atoms with Crippen LogP contribution in [0.3, 0.4) is 0 Å². The third-order valence-corrected chi connectivity index (χ3v) is 6.75. The maximum atomic E-state index is 12.6. The normalized spacial score (nSPS) is 21.0. The summed E-state index contributed by atoms with van der Waals surface area (Å²) in [4.78, 5) is 27.7. The molecule has 1 amide bonds. The summed E-state index contributed by atoms with van der Waals surface area (Å²) in [6.07, 6.45) is -3.55. The average molecular weight is 528 g/mol. The smallest absolute Gasteiger partial charge is 0.351 e. The first kappa shape index (κ1) is 26.5. The molecule has 4 aromatic rings. The van der Waals surface area contributed by atoms with Gasteiger partial charge >= 0.3 is 5.69 Å². The number of aromatic nitrogens is 2. The number of carbonyl (C=O) groups excluding carboxylic acids is 1. The fraction of sp³-hybridized carbons (Fsp3) is 0.233. The Morgan fingerprint density at radius 3 is 1.87 bits per heavy atom. The quantitative estimate of drug-likeness (QED) is 0.301. The van der Waals surface area contributed by atoms with Crippen LogP contribution < -0.4 is 11.0 Å². The van der Waals surface area contributed by atoms with Gasteiger partial charge in [0.25, 0.3) is 0 Å². The van der Waals surface area contributed by atoms with Crippen molar-refractivity contribution in [3.8, 4) is 0 Å². The van der Waals surface area contributed by atoms with Crippen LogP contribution in [0.2, 0.25) is 0 Å². The second-order valence-electron chi connectivity index (χ2n) is 9.32. The van der Waals surface area contributed by atoms with E-state index in [0.717, 1.165) is 21.3 Å². The highest BCUT2D eigenvalue weighted by molar-refractivity contribution is 5.87. The molecule has 3 N–H and O–H groups in total. The number of hydrogen-bond acceptors (Lipinski definition) is 7. The average Bonchev–Trinajstić information content (AvgIpc) is 3.23. The van der Waals surface area contributed by atoms with Crippen molar-refractivity contribution in [1.82, 2.24) is 9.55 Å². The maximum absolute atomic E-state index is 12.6. The van der Waals surface area contributed by atoms with Crippen molar-refractivity contribution < 1.29 is 24.5 Å². The molecule has 0 aliphatic carbocycles. The summed E-state index contributed by atoms with van der Waals surface area (Å²) >= 11 is 0.